The van der Waals surface area contributed by atoms with E-state index < -0.39 is 8.56 Å². The van der Waals surface area contributed by atoms with Gasteiger partial charge in [-0.05, 0) is 12.1 Å². The van der Waals surface area contributed by atoms with Crippen molar-refractivity contribution in [3.05, 3.63) is 0 Å². The lowest BCUT2D eigenvalue weighted by Crippen LogP contribution is -2.38. The number of hydrogen-bond acceptors (Lipinski definition) is 2. The molecular formula is C8H20O2Si. The molecule has 0 amide bonds. The van der Waals surface area contributed by atoms with Crippen LogP contribution in [0.1, 0.15) is 26.7 Å². The minimum absolute atomic E-state index is 1.06. The Bertz CT molecular complexity index is 83.8. The lowest BCUT2D eigenvalue weighted by molar-refractivity contribution is 0.241. The largest absolute Gasteiger partial charge is 0.398 e. The van der Waals surface area contributed by atoms with Gasteiger partial charge in [-0.15, -0.1) is 0 Å². The Morgan fingerprint density at radius 3 is 1.91 bits per heavy atom. The second-order valence-corrected chi connectivity index (χ2v) is 6.62. The van der Waals surface area contributed by atoms with E-state index in [9.17, 15) is 0 Å². The molecule has 0 aliphatic rings. The molecule has 0 radical (unpaired) electrons. The number of unbranched alkanes of at least 4 members (excludes halogenated alkanes) is 1. The summed E-state index contributed by atoms with van der Waals surface area (Å²) in [5.41, 5.74) is 0. The van der Waals surface area contributed by atoms with E-state index in [1.54, 1.807) is 14.2 Å². The van der Waals surface area contributed by atoms with Crippen molar-refractivity contribution >= 4 is 8.56 Å². The minimum Gasteiger partial charge on any atom is -0.398 e. The van der Waals surface area contributed by atoms with E-state index in [1.807, 2.05) is 0 Å². The lowest BCUT2D eigenvalue weighted by atomic mass is 10.4. The normalized spacial score (nSPS) is 12.0. The van der Waals surface area contributed by atoms with Crippen LogP contribution in [-0.4, -0.2) is 22.8 Å². The van der Waals surface area contributed by atoms with Gasteiger partial charge in [0.25, 0.3) is 0 Å². The highest BCUT2D eigenvalue weighted by Crippen LogP contribution is 2.19. The molecule has 0 unspecified atom stereocenters. The van der Waals surface area contributed by atoms with E-state index in [4.69, 9.17) is 8.85 Å². The molecule has 0 saturated carbocycles. The van der Waals surface area contributed by atoms with Crippen molar-refractivity contribution in [2.75, 3.05) is 14.2 Å². The summed E-state index contributed by atoms with van der Waals surface area (Å²) in [7, 11) is 1.81. The van der Waals surface area contributed by atoms with Gasteiger partial charge in [0.05, 0.1) is 0 Å². The van der Waals surface area contributed by atoms with E-state index in [-0.39, 0.29) is 0 Å². The third kappa shape index (κ3) is 3.36. The zero-order chi connectivity index (χ0) is 8.74. The van der Waals surface area contributed by atoms with Crippen molar-refractivity contribution in [1.29, 1.82) is 0 Å². The van der Waals surface area contributed by atoms with Gasteiger partial charge in [-0.2, -0.15) is 0 Å². The third-order valence-electron chi connectivity index (χ3n) is 2.19. The van der Waals surface area contributed by atoms with Crippen LogP contribution in [-0.2, 0) is 8.85 Å². The van der Waals surface area contributed by atoms with Gasteiger partial charge >= 0.3 is 8.56 Å². The Morgan fingerprint density at radius 2 is 1.64 bits per heavy atom. The molecular weight excluding hydrogens is 156 g/mol. The summed E-state index contributed by atoms with van der Waals surface area (Å²) in [4.78, 5) is 0. The van der Waals surface area contributed by atoms with Crippen LogP contribution in [0.4, 0.5) is 0 Å². The first-order valence-electron chi connectivity index (χ1n) is 4.35. The van der Waals surface area contributed by atoms with Gasteiger partial charge in [-0.25, -0.2) is 0 Å². The van der Waals surface area contributed by atoms with E-state index in [0.717, 1.165) is 12.1 Å². The second-order valence-electron chi connectivity index (χ2n) is 2.78. The molecule has 0 fully saturated rings. The van der Waals surface area contributed by atoms with Crippen molar-refractivity contribution in [3.8, 4) is 0 Å². The first-order valence-corrected chi connectivity index (χ1v) is 6.58. The molecule has 0 aliphatic heterocycles. The lowest BCUT2D eigenvalue weighted by Gasteiger charge is -2.25. The molecule has 2 nitrogen and oxygen atoms in total. The van der Waals surface area contributed by atoms with Crippen molar-refractivity contribution in [2.24, 2.45) is 0 Å². The molecule has 0 spiro atoms. The standard InChI is InChI=1S/C8H20O2Si/c1-5-7-8-11(6-2,9-3)10-4/h5-8H2,1-4H3. The summed E-state index contributed by atoms with van der Waals surface area (Å²) in [5.74, 6) is 0. The Kier molecular flexibility index (Phi) is 5.82. The predicted octanol–water partition coefficient (Wildman–Crippen LogP) is 2.54. The Balaban J connectivity index is 3.84. The van der Waals surface area contributed by atoms with Gasteiger partial charge < -0.3 is 8.85 Å². The highest BCUT2D eigenvalue weighted by molar-refractivity contribution is 6.67. The van der Waals surface area contributed by atoms with Gasteiger partial charge in [-0.1, -0.05) is 26.7 Å². The predicted molar refractivity (Wildman–Crippen MR) is 50.0 cm³/mol. The van der Waals surface area contributed by atoms with E-state index in [1.165, 1.54) is 12.8 Å². The van der Waals surface area contributed by atoms with Crippen LogP contribution in [0, 0.1) is 0 Å². The Hall–Kier alpha value is 0.137. The van der Waals surface area contributed by atoms with E-state index >= 15 is 0 Å². The van der Waals surface area contributed by atoms with E-state index in [2.05, 4.69) is 13.8 Å². The summed E-state index contributed by atoms with van der Waals surface area (Å²) < 4.78 is 10.9. The van der Waals surface area contributed by atoms with Crippen molar-refractivity contribution < 1.29 is 8.85 Å². The average Bonchev–Trinajstić information content (AvgIpc) is 2.08. The molecule has 0 aromatic heterocycles. The summed E-state index contributed by atoms with van der Waals surface area (Å²) in [6.45, 7) is 4.34. The number of hydrogen-bond donors (Lipinski definition) is 0. The first-order chi connectivity index (χ1) is 5.24. The van der Waals surface area contributed by atoms with Gasteiger partial charge in [0, 0.05) is 14.2 Å². The van der Waals surface area contributed by atoms with Gasteiger partial charge in [-0.3, -0.25) is 0 Å². The monoisotopic (exact) mass is 176 g/mol. The van der Waals surface area contributed by atoms with Crippen molar-refractivity contribution in [1.82, 2.24) is 0 Å². The molecule has 0 heterocycles. The fraction of sp³-hybridized carbons (Fsp3) is 1.00. The van der Waals surface area contributed by atoms with Crippen molar-refractivity contribution in [3.63, 3.8) is 0 Å². The fourth-order valence-corrected chi connectivity index (χ4v) is 3.60. The zero-order valence-electron chi connectivity index (χ0n) is 8.14. The van der Waals surface area contributed by atoms with Crippen LogP contribution in [0.5, 0.6) is 0 Å². The molecule has 0 aromatic rings. The summed E-state index contributed by atoms with van der Waals surface area (Å²) in [6, 6.07) is 2.19. The molecule has 0 aromatic carbocycles. The third-order valence-corrected chi connectivity index (χ3v) is 5.87. The van der Waals surface area contributed by atoms with E-state index in [0.29, 0.717) is 0 Å². The topological polar surface area (TPSA) is 18.5 Å². The smallest absolute Gasteiger partial charge is 0.337 e. The first kappa shape index (κ1) is 11.1. The number of rotatable bonds is 6. The molecule has 3 heteroatoms. The fourth-order valence-electron chi connectivity index (χ4n) is 1.20. The summed E-state index contributed by atoms with van der Waals surface area (Å²) >= 11 is 0. The minimum atomic E-state index is -1.74. The highest BCUT2D eigenvalue weighted by atomic mass is 28.4. The summed E-state index contributed by atoms with van der Waals surface area (Å²) in [5, 5.41) is 0. The maximum Gasteiger partial charge on any atom is 0.337 e. The molecule has 68 valence electrons. The van der Waals surface area contributed by atoms with Crippen LogP contribution in [0.3, 0.4) is 0 Å². The van der Waals surface area contributed by atoms with Crippen LogP contribution < -0.4 is 0 Å². The maximum absolute atomic E-state index is 5.46. The SMILES string of the molecule is CCCC[Si](CC)(OC)OC. The molecule has 0 saturated heterocycles. The second kappa shape index (κ2) is 5.74. The van der Waals surface area contributed by atoms with Crippen LogP contribution in [0.25, 0.3) is 0 Å². The van der Waals surface area contributed by atoms with Gasteiger partial charge in [0.15, 0.2) is 0 Å². The quantitative estimate of drug-likeness (QED) is 0.579. The summed E-state index contributed by atoms with van der Waals surface area (Å²) in [6.07, 6.45) is 2.45. The molecule has 0 atom stereocenters. The van der Waals surface area contributed by atoms with Crippen molar-refractivity contribution in [2.45, 2.75) is 38.8 Å². The average molecular weight is 176 g/mol. The van der Waals surface area contributed by atoms with Gasteiger partial charge in [0.2, 0.25) is 0 Å². The molecule has 11 heavy (non-hydrogen) atoms. The molecule has 0 bridgehead atoms. The van der Waals surface area contributed by atoms with Crippen LogP contribution >= 0.6 is 0 Å². The molecule has 0 N–H and O–H groups in total. The Morgan fingerprint density at radius 1 is 1.09 bits per heavy atom. The Labute approximate surface area is 71.1 Å². The van der Waals surface area contributed by atoms with Crippen LogP contribution in [0.2, 0.25) is 12.1 Å². The maximum atomic E-state index is 5.46. The highest BCUT2D eigenvalue weighted by Gasteiger charge is 2.31. The zero-order valence-corrected chi connectivity index (χ0v) is 9.14. The van der Waals surface area contributed by atoms with Gasteiger partial charge in [0.1, 0.15) is 0 Å². The van der Waals surface area contributed by atoms with Crippen LogP contribution in [0.15, 0.2) is 0 Å². The molecule has 0 rings (SSSR count). The molecule has 0 aliphatic carbocycles.